The molecule has 1 aromatic heterocycles. The van der Waals surface area contributed by atoms with E-state index in [1.807, 2.05) is 24.3 Å². The van der Waals surface area contributed by atoms with Crippen LogP contribution in [0.1, 0.15) is 0 Å². The van der Waals surface area contributed by atoms with Gasteiger partial charge in [-0.25, -0.2) is 0 Å². The van der Waals surface area contributed by atoms with Crippen molar-refractivity contribution in [2.75, 3.05) is 0 Å². The molecule has 0 unspecified atom stereocenters. The molecule has 0 spiro atoms. The van der Waals surface area contributed by atoms with Crippen LogP contribution in [-0.2, 0) is 10.4 Å². The van der Waals surface area contributed by atoms with Crippen molar-refractivity contribution in [1.29, 1.82) is 0 Å². The molecule has 0 fully saturated rings. The Morgan fingerprint density at radius 2 is 1.59 bits per heavy atom. The number of H-pyrrole nitrogens is 1. The van der Waals surface area contributed by atoms with E-state index in [1.165, 1.54) is 0 Å². The largest absolute Gasteiger partial charge is 1.00 e. The Bertz CT molecular complexity index is 546. The summed E-state index contributed by atoms with van der Waals surface area (Å²) in [5.41, 5.74) is 0.972. The normalized spacial score (nSPS) is 9.53. The number of aromatic amines is 1. The Hall–Kier alpha value is 1.70. The Morgan fingerprint density at radius 3 is 2.06 bits per heavy atom. The van der Waals surface area contributed by atoms with Crippen LogP contribution >= 0.6 is 0 Å². The van der Waals surface area contributed by atoms with Gasteiger partial charge in [0, 0.05) is 27.5 Å². The van der Waals surface area contributed by atoms with Gasteiger partial charge in [-0.05, 0) is 12.1 Å². The van der Waals surface area contributed by atoms with E-state index in [1.54, 1.807) is 6.20 Å². The molecular weight excluding hydrogens is 300 g/mol. The minimum absolute atomic E-state index is 0. The molecule has 2 aromatic rings. The summed E-state index contributed by atoms with van der Waals surface area (Å²) in [5, 5.41) is 10.1. The zero-order valence-corrected chi connectivity index (χ0v) is 16.4. The zero-order chi connectivity index (χ0) is 11.5. The molecule has 1 heterocycles. The van der Waals surface area contributed by atoms with Crippen molar-refractivity contribution in [1.82, 2.24) is 4.98 Å². The molecule has 2 N–H and O–H groups in total. The molecular formula is C8H7K2NO5S. The van der Waals surface area contributed by atoms with Gasteiger partial charge in [-0.15, -0.1) is 0 Å². The van der Waals surface area contributed by atoms with Crippen LogP contribution in [0.3, 0.4) is 0 Å². The topological polar surface area (TPSA) is 116 Å². The monoisotopic (exact) mass is 307 g/mol. The Kier molecular flexibility index (Phi) is 11.8. The van der Waals surface area contributed by atoms with Gasteiger partial charge >= 0.3 is 103 Å². The van der Waals surface area contributed by atoms with E-state index in [9.17, 15) is 5.11 Å². The van der Waals surface area contributed by atoms with Crippen LogP contribution in [0.4, 0.5) is 0 Å². The molecule has 0 aliphatic heterocycles. The average Bonchev–Trinajstić information content (AvgIpc) is 2.46. The second-order valence-electron chi connectivity index (χ2n) is 2.63. The molecule has 0 atom stereocenters. The second-order valence-corrected chi connectivity index (χ2v) is 3.44. The summed E-state index contributed by atoms with van der Waals surface area (Å²) in [6.07, 6.45) is 1.59. The molecule has 0 saturated heterocycles. The van der Waals surface area contributed by atoms with Crippen molar-refractivity contribution >= 4 is 21.3 Å². The van der Waals surface area contributed by atoms with E-state index in [0.29, 0.717) is 5.75 Å². The predicted octanol–water partition coefficient (Wildman–Crippen LogP) is -5.46. The van der Waals surface area contributed by atoms with Crippen LogP contribution in [0.25, 0.3) is 10.9 Å². The Balaban J connectivity index is 0. The minimum atomic E-state index is -5.17. The van der Waals surface area contributed by atoms with Gasteiger partial charge in [0.2, 0.25) is 0 Å². The number of nitrogens with one attached hydrogen (secondary N) is 1. The molecule has 0 radical (unpaired) electrons. The third-order valence-electron chi connectivity index (χ3n) is 1.57. The standard InChI is InChI=1S/C8H7NO.2K.H2O4S/c10-8-5-9-7-4-2-1-3-6(7)8;;;1-5(2,3)4/h1-5,9-10H;;;(H2,1,2,3,4)/q;2*+1;/p-2. The van der Waals surface area contributed by atoms with Crippen LogP contribution in [0, 0.1) is 0 Å². The van der Waals surface area contributed by atoms with Crippen molar-refractivity contribution < 1.29 is 125 Å². The number of hydrogen-bond donors (Lipinski definition) is 2. The molecule has 0 amide bonds. The van der Waals surface area contributed by atoms with Gasteiger partial charge in [0.15, 0.2) is 0 Å². The van der Waals surface area contributed by atoms with Gasteiger partial charge < -0.3 is 19.2 Å². The fourth-order valence-electron chi connectivity index (χ4n) is 1.06. The number of hydrogen-bond acceptors (Lipinski definition) is 5. The van der Waals surface area contributed by atoms with E-state index in [0.717, 1.165) is 10.9 Å². The maximum absolute atomic E-state index is 9.18. The zero-order valence-electron chi connectivity index (χ0n) is 9.38. The maximum atomic E-state index is 9.18. The van der Waals surface area contributed by atoms with E-state index in [2.05, 4.69) is 4.98 Å². The number of fused-ring (bicyclic) bond motifs is 1. The van der Waals surface area contributed by atoms with Crippen LogP contribution in [0.15, 0.2) is 30.5 Å². The number of aromatic nitrogens is 1. The predicted molar refractivity (Wildman–Crippen MR) is 50.4 cm³/mol. The fraction of sp³-hybridized carbons (Fsp3) is 0. The summed E-state index contributed by atoms with van der Waals surface area (Å²) < 4.78 is 34.1. The van der Waals surface area contributed by atoms with E-state index in [-0.39, 0.29) is 103 Å². The van der Waals surface area contributed by atoms with Crippen LogP contribution in [0.5, 0.6) is 5.75 Å². The van der Waals surface area contributed by atoms with Gasteiger partial charge in [-0.3, -0.25) is 8.42 Å². The molecule has 0 bridgehead atoms. The van der Waals surface area contributed by atoms with Gasteiger partial charge in [0.25, 0.3) is 0 Å². The van der Waals surface area contributed by atoms with Crippen molar-refractivity contribution in [3.8, 4) is 5.75 Å². The van der Waals surface area contributed by atoms with Crippen molar-refractivity contribution in [2.45, 2.75) is 0 Å². The average molecular weight is 307 g/mol. The maximum Gasteiger partial charge on any atom is 1.00 e. The van der Waals surface area contributed by atoms with Gasteiger partial charge in [-0.1, -0.05) is 12.1 Å². The summed E-state index contributed by atoms with van der Waals surface area (Å²) in [5.74, 6) is 0.315. The number of para-hydroxylation sites is 1. The summed E-state index contributed by atoms with van der Waals surface area (Å²) in [6.45, 7) is 0. The minimum Gasteiger partial charge on any atom is -0.759 e. The van der Waals surface area contributed by atoms with Crippen LogP contribution in [0.2, 0.25) is 0 Å². The first-order chi connectivity index (χ1) is 6.88. The summed E-state index contributed by atoms with van der Waals surface area (Å²) in [6, 6.07) is 7.63. The van der Waals surface area contributed by atoms with Crippen LogP contribution < -0.4 is 103 Å². The molecule has 9 heteroatoms. The smallest absolute Gasteiger partial charge is 0.759 e. The van der Waals surface area contributed by atoms with Gasteiger partial charge in [-0.2, -0.15) is 0 Å². The second kappa shape index (κ2) is 9.58. The molecule has 82 valence electrons. The molecule has 0 aliphatic carbocycles. The number of rotatable bonds is 0. The van der Waals surface area contributed by atoms with Crippen LogP contribution in [-0.4, -0.2) is 27.6 Å². The van der Waals surface area contributed by atoms with E-state index in [4.69, 9.17) is 17.5 Å². The third kappa shape index (κ3) is 9.27. The van der Waals surface area contributed by atoms with Crippen molar-refractivity contribution in [3.05, 3.63) is 30.5 Å². The first-order valence-electron chi connectivity index (χ1n) is 3.79. The Morgan fingerprint density at radius 1 is 1.12 bits per heavy atom. The molecule has 6 nitrogen and oxygen atoms in total. The van der Waals surface area contributed by atoms with Crippen molar-refractivity contribution in [2.24, 2.45) is 0 Å². The first kappa shape index (κ1) is 21.0. The molecule has 1 aromatic carbocycles. The van der Waals surface area contributed by atoms with E-state index < -0.39 is 10.4 Å². The summed E-state index contributed by atoms with van der Waals surface area (Å²) >= 11 is 0. The SMILES string of the molecule is O=S(=O)([O-])[O-].Oc1c[nH]c2ccccc12.[K+].[K+]. The quantitative estimate of drug-likeness (QED) is 0.286. The number of aromatic hydroxyl groups is 1. The van der Waals surface area contributed by atoms with Crippen molar-refractivity contribution in [3.63, 3.8) is 0 Å². The number of benzene rings is 1. The molecule has 0 saturated carbocycles. The van der Waals surface area contributed by atoms with Gasteiger partial charge in [0.1, 0.15) is 5.75 Å². The Labute approximate surface area is 184 Å². The molecule has 2 rings (SSSR count). The summed E-state index contributed by atoms with van der Waals surface area (Å²) in [4.78, 5) is 2.94. The summed E-state index contributed by atoms with van der Waals surface area (Å²) in [7, 11) is -5.17. The first-order valence-corrected chi connectivity index (χ1v) is 5.13. The fourth-order valence-corrected chi connectivity index (χ4v) is 1.06. The molecule has 17 heavy (non-hydrogen) atoms. The van der Waals surface area contributed by atoms with E-state index >= 15 is 0 Å². The third-order valence-corrected chi connectivity index (χ3v) is 1.57. The van der Waals surface area contributed by atoms with Gasteiger partial charge in [0.05, 0.1) is 0 Å². The molecule has 0 aliphatic rings.